The molecule has 0 spiro atoms. The molecule has 0 fully saturated rings. The number of rotatable bonds is 5. The third-order valence-corrected chi connectivity index (χ3v) is 3.76. The maximum Gasteiger partial charge on any atom is 0.205 e. The SMILES string of the molecule is CCOc1ccc(/C=C(\C#N)C(=O)c2c[nH]c3cc(F)ccc23)cc1. The summed E-state index contributed by atoms with van der Waals surface area (Å²) in [5.74, 6) is -0.0730. The number of aromatic nitrogens is 1. The van der Waals surface area contributed by atoms with Crippen molar-refractivity contribution in [1.82, 2.24) is 4.98 Å². The second kappa shape index (κ2) is 7.02. The first-order chi connectivity index (χ1) is 12.1. The maximum absolute atomic E-state index is 13.3. The van der Waals surface area contributed by atoms with Crippen molar-refractivity contribution in [3.05, 3.63) is 71.2 Å². The van der Waals surface area contributed by atoms with Crippen molar-refractivity contribution < 1.29 is 13.9 Å². The lowest BCUT2D eigenvalue weighted by Gasteiger charge is -2.03. The number of ketones is 1. The van der Waals surface area contributed by atoms with Gasteiger partial charge in [-0.3, -0.25) is 4.79 Å². The lowest BCUT2D eigenvalue weighted by Crippen LogP contribution is -2.01. The van der Waals surface area contributed by atoms with E-state index in [-0.39, 0.29) is 5.57 Å². The number of aromatic amines is 1. The van der Waals surface area contributed by atoms with Gasteiger partial charge in [0.1, 0.15) is 23.2 Å². The van der Waals surface area contributed by atoms with Crippen LogP contribution in [0.4, 0.5) is 4.39 Å². The molecule has 0 bridgehead atoms. The van der Waals surface area contributed by atoms with Crippen LogP contribution in [0.15, 0.2) is 54.2 Å². The normalized spacial score (nSPS) is 11.3. The summed E-state index contributed by atoms with van der Waals surface area (Å²) in [5, 5.41) is 9.96. The monoisotopic (exact) mass is 334 g/mol. The summed E-state index contributed by atoms with van der Waals surface area (Å²) in [5.41, 5.74) is 1.59. The number of ether oxygens (including phenoxy) is 1. The van der Waals surface area contributed by atoms with E-state index in [0.29, 0.717) is 23.1 Å². The van der Waals surface area contributed by atoms with Gasteiger partial charge in [0.2, 0.25) is 5.78 Å². The molecular formula is C20H15FN2O2. The lowest BCUT2D eigenvalue weighted by molar-refractivity contribution is 0.104. The van der Waals surface area contributed by atoms with Gasteiger partial charge in [0.05, 0.1) is 6.61 Å². The molecule has 0 radical (unpaired) electrons. The van der Waals surface area contributed by atoms with Crippen LogP contribution in [-0.2, 0) is 0 Å². The van der Waals surface area contributed by atoms with Gasteiger partial charge in [-0.25, -0.2) is 4.39 Å². The summed E-state index contributed by atoms with van der Waals surface area (Å²) in [4.78, 5) is 15.5. The van der Waals surface area contributed by atoms with Crippen molar-refractivity contribution in [2.24, 2.45) is 0 Å². The Hall–Kier alpha value is -3.39. The molecule has 0 unspecified atom stereocenters. The van der Waals surface area contributed by atoms with E-state index in [1.54, 1.807) is 24.3 Å². The van der Waals surface area contributed by atoms with Gasteiger partial charge < -0.3 is 9.72 Å². The number of hydrogen-bond acceptors (Lipinski definition) is 3. The topological polar surface area (TPSA) is 65.9 Å². The fourth-order valence-corrected chi connectivity index (χ4v) is 2.57. The first-order valence-corrected chi connectivity index (χ1v) is 7.78. The molecule has 2 aromatic carbocycles. The van der Waals surface area contributed by atoms with Gasteiger partial charge in [0.15, 0.2) is 0 Å². The van der Waals surface area contributed by atoms with Crippen molar-refractivity contribution in [3.8, 4) is 11.8 Å². The van der Waals surface area contributed by atoms with E-state index < -0.39 is 11.6 Å². The number of nitrogens with zero attached hydrogens (tertiary/aromatic N) is 1. The predicted octanol–water partition coefficient (Wildman–Crippen LogP) is 4.50. The largest absolute Gasteiger partial charge is 0.494 e. The number of carbonyl (C=O) groups is 1. The molecule has 0 saturated heterocycles. The van der Waals surface area contributed by atoms with Gasteiger partial charge in [0.25, 0.3) is 0 Å². The highest BCUT2D eigenvalue weighted by Gasteiger charge is 2.17. The van der Waals surface area contributed by atoms with Crippen molar-refractivity contribution >= 4 is 22.8 Å². The number of fused-ring (bicyclic) bond motifs is 1. The first-order valence-electron chi connectivity index (χ1n) is 7.78. The fourth-order valence-electron chi connectivity index (χ4n) is 2.57. The Morgan fingerprint density at radius 2 is 2.04 bits per heavy atom. The molecule has 0 aliphatic carbocycles. The maximum atomic E-state index is 13.3. The number of halogens is 1. The molecule has 0 amide bonds. The van der Waals surface area contributed by atoms with Gasteiger partial charge in [-0.2, -0.15) is 5.26 Å². The highest BCUT2D eigenvalue weighted by Crippen LogP contribution is 2.23. The Morgan fingerprint density at radius 3 is 2.72 bits per heavy atom. The van der Waals surface area contributed by atoms with Crippen LogP contribution in [-0.4, -0.2) is 17.4 Å². The van der Waals surface area contributed by atoms with Crippen LogP contribution >= 0.6 is 0 Å². The molecule has 0 atom stereocenters. The number of benzene rings is 2. The van der Waals surface area contributed by atoms with E-state index in [0.717, 1.165) is 11.3 Å². The van der Waals surface area contributed by atoms with Gasteiger partial charge in [0, 0.05) is 22.7 Å². The molecule has 5 heteroatoms. The molecule has 0 aliphatic heterocycles. The van der Waals surface area contributed by atoms with Crippen LogP contribution in [0.5, 0.6) is 5.75 Å². The number of hydrogen-bond donors (Lipinski definition) is 1. The molecule has 1 aromatic heterocycles. The molecule has 1 N–H and O–H groups in total. The lowest BCUT2D eigenvalue weighted by atomic mass is 10.0. The van der Waals surface area contributed by atoms with E-state index in [4.69, 9.17) is 4.74 Å². The van der Waals surface area contributed by atoms with Crippen LogP contribution < -0.4 is 4.74 Å². The third kappa shape index (κ3) is 3.43. The highest BCUT2D eigenvalue weighted by molar-refractivity contribution is 6.19. The summed E-state index contributed by atoms with van der Waals surface area (Å²) in [6, 6.07) is 13.2. The smallest absolute Gasteiger partial charge is 0.205 e. The summed E-state index contributed by atoms with van der Waals surface area (Å²) in [7, 11) is 0. The van der Waals surface area contributed by atoms with Crippen molar-refractivity contribution in [2.75, 3.05) is 6.61 Å². The number of Topliss-reactive ketones (excluding diaryl/α,β-unsaturated/α-hetero) is 1. The minimum Gasteiger partial charge on any atom is -0.494 e. The average Bonchev–Trinajstić information content (AvgIpc) is 3.03. The Kier molecular flexibility index (Phi) is 4.62. The Balaban J connectivity index is 1.94. The molecule has 1 heterocycles. The Morgan fingerprint density at radius 1 is 1.28 bits per heavy atom. The number of allylic oxidation sites excluding steroid dienone is 1. The van der Waals surface area contributed by atoms with E-state index in [1.165, 1.54) is 30.5 Å². The fraction of sp³-hybridized carbons (Fsp3) is 0.100. The van der Waals surface area contributed by atoms with E-state index in [9.17, 15) is 14.4 Å². The zero-order chi connectivity index (χ0) is 17.8. The number of H-pyrrole nitrogens is 1. The zero-order valence-electron chi connectivity index (χ0n) is 13.5. The van der Waals surface area contributed by atoms with Crippen LogP contribution in [0, 0.1) is 17.1 Å². The van der Waals surface area contributed by atoms with E-state index in [2.05, 4.69) is 4.98 Å². The quantitative estimate of drug-likeness (QED) is 0.424. The third-order valence-electron chi connectivity index (χ3n) is 3.76. The average molecular weight is 334 g/mol. The van der Waals surface area contributed by atoms with Gasteiger partial charge in [-0.1, -0.05) is 12.1 Å². The second-order valence-corrected chi connectivity index (χ2v) is 5.39. The summed E-state index contributed by atoms with van der Waals surface area (Å²) in [6.07, 6.45) is 3.02. The highest BCUT2D eigenvalue weighted by atomic mass is 19.1. The number of nitriles is 1. The minimum atomic E-state index is -0.408. The van der Waals surface area contributed by atoms with Crippen LogP contribution in [0.1, 0.15) is 22.8 Å². The summed E-state index contributed by atoms with van der Waals surface area (Å²) >= 11 is 0. The molecule has 3 rings (SSSR count). The van der Waals surface area contributed by atoms with E-state index >= 15 is 0 Å². The van der Waals surface area contributed by atoms with Crippen LogP contribution in [0.3, 0.4) is 0 Å². The van der Waals surface area contributed by atoms with Crippen molar-refractivity contribution in [3.63, 3.8) is 0 Å². The second-order valence-electron chi connectivity index (χ2n) is 5.39. The molecule has 0 aliphatic rings. The van der Waals surface area contributed by atoms with Gasteiger partial charge in [-0.15, -0.1) is 0 Å². The first kappa shape index (κ1) is 16.5. The molecule has 0 saturated carbocycles. The Bertz CT molecular complexity index is 995. The molecule has 124 valence electrons. The summed E-state index contributed by atoms with van der Waals surface area (Å²) in [6.45, 7) is 2.46. The van der Waals surface area contributed by atoms with Crippen molar-refractivity contribution in [1.29, 1.82) is 5.26 Å². The zero-order valence-corrected chi connectivity index (χ0v) is 13.5. The predicted molar refractivity (Wildman–Crippen MR) is 93.8 cm³/mol. The van der Waals surface area contributed by atoms with Gasteiger partial charge in [-0.05, 0) is 48.9 Å². The van der Waals surface area contributed by atoms with Crippen molar-refractivity contribution in [2.45, 2.75) is 6.92 Å². The standard InChI is InChI=1S/C20H15FN2O2/c1-2-25-16-6-3-13(4-7-16)9-14(11-22)20(24)18-12-23-19-10-15(21)5-8-17(18)19/h3-10,12,23H,2H2,1H3/b14-9+. The summed E-state index contributed by atoms with van der Waals surface area (Å²) < 4.78 is 18.6. The number of carbonyl (C=O) groups excluding carboxylic acids is 1. The molecule has 4 nitrogen and oxygen atoms in total. The van der Waals surface area contributed by atoms with Crippen LogP contribution in [0.25, 0.3) is 17.0 Å². The Labute approximate surface area is 144 Å². The molecule has 25 heavy (non-hydrogen) atoms. The van der Waals surface area contributed by atoms with Gasteiger partial charge >= 0.3 is 0 Å². The molecular weight excluding hydrogens is 319 g/mol. The van der Waals surface area contributed by atoms with Crippen LogP contribution in [0.2, 0.25) is 0 Å². The van der Waals surface area contributed by atoms with E-state index in [1.807, 2.05) is 13.0 Å². The molecule has 3 aromatic rings. The number of nitrogens with one attached hydrogen (secondary N) is 1. The minimum absolute atomic E-state index is 0.00869.